The molecule has 1 aromatic heterocycles. The second-order valence-corrected chi connectivity index (χ2v) is 10.4. The van der Waals surface area contributed by atoms with Gasteiger partial charge in [-0.2, -0.15) is 5.26 Å². The normalized spacial score (nSPS) is 23.7. The lowest BCUT2D eigenvalue weighted by atomic mass is 10.0. The number of rotatable bonds is 9. The number of nitrogens with one attached hydrogen (secondary N) is 1. The number of nitrogen functional groups attached to an aromatic ring is 1. The monoisotopic (exact) mass is 532 g/mol. The van der Waals surface area contributed by atoms with Gasteiger partial charge in [0.1, 0.15) is 28.9 Å². The maximum absolute atomic E-state index is 13.1. The Kier molecular flexibility index (Phi) is 7.79. The molecular weight excluding hydrogens is 512 g/mol. The number of anilines is 1. The molecule has 0 spiro atoms. The summed E-state index contributed by atoms with van der Waals surface area (Å²) in [5, 5.41) is 27.8. The van der Waals surface area contributed by atoms with E-state index in [-0.39, 0.29) is 28.3 Å². The van der Waals surface area contributed by atoms with E-state index >= 15 is 0 Å². The number of fused-ring (bicyclic) bond motifs is 1. The largest absolute Gasteiger partial charge is 0.477 e. The van der Waals surface area contributed by atoms with Crippen LogP contribution in [0.5, 0.6) is 0 Å². The Labute approximate surface area is 212 Å². The molecule has 3 atom stereocenters. The molecule has 3 aliphatic rings. The van der Waals surface area contributed by atoms with E-state index in [1.165, 1.54) is 34.5 Å². The van der Waals surface area contributed by atoms with Crippen LogP contribution in [0, 0.1) is 11.3 Å². The fourth-order valence-corrected chi connectivity index (χ4v) is 6.36. The van der Waals surface area contributed by atoms with Gasteiger partial charge in [-0.15, -0.1) is 34.9 Å². The fourth-order valence-electron chi connectivity index (χ4n) is 3.65. The lowest BCUT2D eigenvalue weighted by molar-refractivity contribution is -0.150. The molecule has 2 amide bonds. The van der Waals surface area contributed by atoms with Gasteiger partial charge in [-0.25, -0.2) is 9.78 Å². The van der Waals surface area contributed by atoms with Crippen LogP contribution in [0.4, 0.5) is 5.13 Å². The van der Waals surface area contributed by atoms with Crippen molar-refractivity contribution in [3.8, 4) is 6.07 Å². The van der Waals surface area contributed by atoms with Crippen LogP contribution in [0.25, 0.3) is 0 Å². The maximum Gasteiger partial charge on any atom is 0.352 e. The van der Waals surface area contributed by atoms with Crippen LogP contribution in [0.1, 0.15) is 18.5 Å². The van der Waals surface area contributed by atoms with Crippen molar-refractivity contribution in [2.75, 3.05) is 17.2 Å². The molecule has 1 fully saturated rings. The van der Waals surface area contributed by atoms with E-state index in [1.54, 1.807) is 10.8 Å². The molecule has 1 aliphatic carbocycles. The zero-order valence-electron chi connectivity index (χ0n) is 18.1. The van der Waals surface area contributed by atoms with Crippen molar-refractivity contribution in [2.24, 2.45) is 5.16 Å². The first-order valence-corrected chi connectivity index (χ1v) is 13.4. The Morgan fingerprint density at radius 3 is 3.00 bits per heavy atom. The summed E-state index contributed by atoms with van der Waals surface area (Å²) < 4.78 is 0. The molecule has 11 nitrogen and oxygen atoms in total. The molecule has 1 aromatic rings. The first-order valence-electron chi connectivity index (χ1n) is 10.4. The smallest absolute Gasteiger partial charge is 0.352 e. The molecule has 2 aliphatic heterocycles. The number of hydrogen-bond acceptors (Lipinski definition) is 11. The van der Waals surface area contributed by atoms with E-state index in [0.717, 1.165) is 24.2 Å². The lowest BCUT2D eigenvalue weighted by Crippen LogP contribution is -2.71. The predicted molar refractivity (Wildman–Crippen MR) is 133 cm³/mol. The number of thiazole rings is 1. The minimum atomic E-state index is -1.22. The highest BCUT2D eigenvalue weighted by molar-refractivity contribution is 8.02. The van der Waals surface area contributed by atoms with Gasteiger partial charge in [0, 0.05) is 23.0 Å². The highest BCUT2D eigenvalue weighted by Crippen LogP contribution is 2.41. The van der Waals surface area contributed by atoms with Crippen molar-refractivity contribution in [1.29, 1.82) is 5.26 Å². The third-order valence-corrected chi connectivity index (χ3v) is 8.12. The average molecular weight is 533 g/mol. The van der Waals surface area contributed by atoms with E-state index in [0.29, 0.717) is 17.1 Å². The Hall–Kier alpha value is -3.28. The third kappa shape index (κ3) is 5.37. The first-order chi connectivity index (χ1) is 16.9. The van der Waals surface area contributed by atoms with Gasteiger partial charge in [0.2, 0.25) is 0 Å². The number of aliphatic carboxylic acids is 1. The number of allylic oxidation sites excluding steroid dienone is 2. The van der Waals surface area contributed by atoms with Crippen molar-refractivity contribution in [2.45, 2.75) is 30.4 Å². The molecule has 2 unspecified atom stereocenters. The molecule has 0 radical (unpaired) electrons. The average Bonchev–Trinajstić information content (AvgIpc) is 3.51. The van der Waals surface area contributed by atoms with Crippen LogP contribution in [0.15, 0.2) is 45.4 Å². The fraction of sp³-hybridized carbons (Fsp3) is 0.333. The molecule has 14 heteroatoms. The molecule has 3 heterocycles. The molecule has 0 aromatic carbocycles. The second kappa shape index (κ2) is 11.0. The van der Waals surface area contributed by atoms with Crippen LogP contribution >= 0.6 is 34.9 Å². The number of β-lactam (4-membered cyclic amide) rings is 1. The van der Waals surface area contributed by atoms with Crippen LogP contribution in [0.2, 0.25) is 0 Å². The lowest BCUT2D eigenvalue weighted by Gasteiger charge is -2.49. The van der Waals surface area contributed by atoms with Gasteiger partial charge in [0.25, 0.3) is 11.8 Å². The van der Waals surface area contributed by atoms with Crippen LogP contribution in [0.3, 0.4) is 0 Å². The Morgan fingerprint density at radius 2 is 2.34 bits per heavy atom. The quantitative estimate of drug-likeness (QED) is 0.140. The summed E-state index contributed by atoms with van der Waals surface area (Å²) in [4.78, 5) is 48.8. The van der Waals surface area contributed by atoms with Gasteiger partial charge in [0.15, 0.2) is 10.8 Å². The van der Waals surface area contributed by atoms with E-state index < -0.39 is 29.2 Å². The Morgan fingerprint density at radius 1 is 1.51 bits per heavy atom. The van der Waals surface area contributed by atoms with Gasteiger partial charge in [-0.1, -0.05) is 11.2 Å². The number of hydrogen-bond donors (Lipinski definition) is 3. The number of carbonyl (C=O) groups excluding carboxylic acids is 2. The van der Waals surface area contributed by atoms with Crippen molar-refractivity contribution in [3.63, 3.8) is 0 Å². The second-order valence-electron chi connectivity index (χ2n) is 7.52. The van der Waals surface area contributed by atoms with Crippen molar-refractivity contribution < 1.29 is 24.3 Å². The number of oxime groups is 1. The molecule has 4 N–H and O–H groups in total. The topological polar surface area (TPSA) is 171 Å². The van der Waals surface area contributed by atoms with E-state index in [9.17, 15) is 19.5 Å². The molecule has 35 heavy (non-hydrogen) atoms. The van der Waals surface area contributed by atoms with E-state index in [1.807, 2.05) is 18.2 Å². The summed E-state index contributed by atoms with van der Waals surface area (Å²) in [6.07, 6.45) is 6.45. The van der Waals surface area contributed by atoms with Crippen LogP contribution in [-0.4, -0.2) is 67.5 Å². The Balaban J connectivity index is 1.49. The summed E-state index contributed by atoms with van der Waals surface area (Å²) in [6, 6.07) is 0.939. The molecule has 4 rings (SSSR count). The molecule has 1 saturated heterocycles. The van der Waals surface area contributed by atoms with Gasteiger partial charge >= 0.3 is 5.97 Å². The summed E-state index contributed by atoms with van der Waals surface area (Å²) >= 11 is 3.77. The van der Waals surface area contributed by atoms with Crippen molar-refractivity contribution in [3.05, 3.63) is 46.0 Å². The number of carboxylic acid groups (broad SMARTS) is 1. The van der Waals surface area contributed by atoms with Crippen molar-refractivity contribution in [1.82, 2.24) is 15.2 Å². The number of nitrogens with two attached hydrogens (primary N) is 1. The number of nitriles is 1. The van der Waals surface area contributed by atoms with Crippen LogP contribution < -0.4 is 11.1 Å². The maximum atomic E-state index is 13.1. The summed E-state index contributed by atoms with van der Waals surface area (Å²) in [5.41, 5.74) is 6.32. The number of aromatic nitrogens is 1. The summed E-state index contributed by atoms with van der Waals surface area (Å²) in [6.45, 7) is 0. The highest BCUT2D eigenvalue weighted by atomic mass is 32.2. The number of carboxylic acids is 1. The minimum absolute atomic E-state index is 0.0837. The summed E-state index contributed by atoms with van der Waals surface area (Å²) in [5.74, 6) is -1.71. The van der Waals surface area contributed by atoms with Crippen LogP contribution in [-0.2, 0) is 19.2 Å². The number of thioether (sulfide) groups is 2. The Bertz CT molecular complexity index is 1200. The van der Waals surface area contributed by atoms with Gasteiger partial charge in [-0.05, 0) is 29.9 Å². The SMILES string of the molecule is N#C/C=C\SCC1=C(C(=O)O)N2C(=O)C(NC(=O)/C(=N/OC3C=CCC3)c3csc(N)n3)[C@H]2SC1. The molecule has 0 bridgehead atoms. The zero-order chi connectivity index (χ0) is 24.9. The van der Waals surface area contributed by atoms with Gasteiger partial charge < -0.3 is 21.0 Å². The summed E-state index contributed by atoms with van der Waals surface area (Å²) in [7, 11) is 0. The predicted octanol–water partition coefficient (Wildman–Crippen LogP) is 1.67. The number of nitrogens with zero attached hydrogens (tertiary/aromatic N) is 4. The van der Waals surface area contributed by atoms with Gasteiger partial charge in [-0.3, -0.25) is 14.5 Å². The third-order valence-electron chi connectivity index (χ3n) is 5.26. The van der Waals surface area contributed by atoms with Crippen molar-refractivity contribution >= 4 is 63.5 Å². The zero-order valence-corrected chi connectivity index (χ0v) is 20.6. The minimum Gasteiger partial charge on any atom is -0.477 e. The van der Waals surface area contributed by atoms with E-state index in [4.69, 9.17) is 15.8 Å². The molecular formula is C21H20N6O5S3. The first kappa shape index (κ1) is 24.8. The molecule has 0 saturated carbocycles. The molecule has 182 valence electrons. The number of amides is 2. The standard InChI is InChI=1S/C21H20N6O5S3/c22-6-3-7-33-8-11-9-34-19-15(18(29)27(19)16(11)20(30)31)25-17(28)14(13-10-35-21(23)24-13)26-32-12-4-1-2-5-12/h1,3-4,7,10,12,15,19H,2,5,8-9H2,(H2,23,24)(H,25,28)(H,30,31)/b7-3-,26-14+/t12?,15?,19-/m1/s1. The highest BCUT2D eigenvalue weighted by Gasteiger charge is 2.54. The van der Waals surface area contributed by atoms with Gasteiger partial charge in [0.05, 0.1) is 6.07 Å². The number of carbonyl (C=O) groups is 3. The van der Waals surface area contributed by atoms with E-state index in [2.05, 4.69) is 15.5 Å².